The average molecular weight is 210 g/mol. The third-order valence-corrected chi connectivity index (χ3v) is 1.60. The molecular weight excluding hydrogens is 204 g/mol. The van der Waals surface area contributed by atoms with Crippen LogP contribution in [-0.4, -0.2) is 15.0 Å². The van der Waals surface area contributed by atoms with E-state index in [1.54, 1.807) is 0 Å². The van der Waals surface area contributed by atoms with Gasteiger partial charge in [0.25, 0.3) is 5.69 Å². The van der Waals surface area contributed by atoms with Gasteiger partial charge in [-0.2, -0.15) is 0 Å². The van der Waals surface area contributed by atoms with Gasteiger partial charge in [0.2, 0.25) is 6.20 Å². The highest BCUT2D eigenvalue weighted by atomic mass is 16.6. The van der Waals surface area contributed by atoms with Gasteiger partial charge in [0.1, 0.15) is 5.75 Å². The topological polar surface area (TPSA) is 107 Å². The Kier molecular flexibility index (Phi) is 2.97. The van der Waals surface area contributed by atoms with Crippen LogP contribution in [0.4, 0.5) is 5.69 Å². The molecule has 0 fully saturated rings. The Morgan fingerprint density at radius 2 is 1.93 bits per heavy atom. The lowest BCUT2D eigenvalue weighted by Gasteiger charge is -1.97. The Bertz CT molecular complexity index is 441. The van der Waals surface area contributed by atoms with E-state index in [0.29, 0.717) is 6.20 Å². The molecule has 0 aliphatic heterocycles. The molecule has 1 rings (SSSR count). The molecule has 15 heavy (non-hydrogen) atoms. The van der Waals surface area contributed by atoms with E-state index in [9.17, 15) is 25.3 Å². The van der Waals surface area contributed by atoms with Gasteiger partial charge in [-0.15, -0.1) is 0 Å². The molecule has 0 unspecified atom stereocenters. The molecule has 0 aromatic heterocycles. The fourth-order valence-electron chi connectivity index (χ4n) is 0.928. The van der Waals surface area contributed by atoms with Gasteiger partial charge >= 0.3 is 0 Å². The maximum atomic E-state index is 10.3. The molecule has 0 saturated carbocycles. The van der Waals surface area contributed by atoms with E-state index in [0.717, 1.165) is 18.2 Å². The molecule has 7 heteroatoms. The monoisotopic (exact) mass is 210 g/mol. The Morgan fingerprint density at radius 1 is 1.27 bits per heavy atom. The van der Waals surface area contributed by atoms with Crippen LogP contribution in [0.2, 0.25) is 0 Å². The maximum absolute atomic E-state index is 10.3. The Balaban J connectivity index is 3.03. The van der Waals surface area contributed by atoms with E-state index in [4.69, 9.17) is 0 Å². The predicted octanol–water partition coefficient (Wildman–Crippen LogP) is 1.55. The van der Waals surface area contributed by atoms with Crippen LogP contribution in [-0.2, 0) is 0 Å². The van der Waals surface area contributed by atoms with Crippen LogP contribution in [0.3, 0.4) is 0 Å². The van der Waals surface area contributed by atoms with Gasteiger partial charge in [-0.25, -0.2) is 0 Å². The normalized spacial score (nSPS) is 10.4. The molecule has 1 aromatic carbocycles. The molecule has 0 heterocycles. The molecule has 7 nitrogen and oxygen atoms in total. The molecule has 0 spiro atoms. The third kappa shape index (κ3) is 2.76. The summed E-state index contributed by atoms with van der Waals surface area (Å²) in [4.78, 5) is 18.9. The lowest BCUT2D eigenvalue weighted by atomic mass is 10.2. The molecule has 78 valence electrons. The number of aromatic hydroxyl groups is 1. The van der Waals surface area contributed by atoms with Gasteiger partial charge in [0.05, 0.1) is 15.9 Å². The van der Waals surface area contributed by atoms with E-state index in [1.165, 1.54) is 6.07 Å². The van der Waals surface area contributed by atoms with Crippen molar-refractivity contribution in [1.82, 2.24) is 0 Å². The summed E-state index contributed by atoms with van der Waals surface area (Å²) in [5, 5.41) is 29.6. The van der Waals surface area contributed by atoms with Crippen LogP contribution in [0.5, 0.6) is 5.75 Å². The number of nitrogens with zero attached hydrogens (tertiary/aromatic N) is 2. The zero-order valence-electron chi connectivity index (χ0n) is 7.36. The summed E-state index contributed by atoms with van der Waals surface area (Å²) in [5.74, 6) is -0.373. The highest BCUT2D eigenvalue weighted by Gasteiger charge is 2.08. The smallest absolute Gasteiger partial charge is 0.273 e. The number of hydrogen-bond donors (Lipinski definition) is 1. The van der Waals surface area contributed by atoms with Gasteiger partial charge < -0.3 is 5.11 Å². The first-order valence-corrected chi connectivity index (χ1v) is 3.80. The highest BCUT2D eigenvalue weighted by molar-refractivity contribution is 5.59. The first kappa shape index (κ1) is 10.6. The minimum absolute atomic E-state index is 0.150. The van der Waals surface area contributed by atoms with Crippen LogP contribution in [0.25, 0.3) is 6.08 Å². The van der Waals surface area contributed by atoms with Crippen LogP contribution >= 0.6 is 0 Å². The first-order valence-electron chi connectivity index (χ1n) is 3.80. The molecule has 1 N–H and O–H groups in total. The Morgan fingerprint density at radius 3 is 2.40 bits per heavy atom. The van der Waals surface area contributed by atoms with Crippen LogP contribution < -0.4 is 0 Å². The van der Waals surface area contributed by atoms with Gasteiger partial charge in [-0.1, -0.05) is 0 Å². The highest BCUT2D eigenvalue weighted by Crippen LogP contribution is 2.24. The zero-order valence-corrected chi connectivity index (χ0v) is 7.36. The van der Waals surface area contributed by atoms with E-state index in [-0.39, 0.29) is 17.0 Å². The van der Waals surface area contributed by atoms with Crippen molar-refractivity contribution in [3.63, 3.8) is 0 Å². The lowest BCUT2D eigenvalue weighted by molar-refractivity contribution is -0.401. The van der Waals surface area contributed by atoms with Crippen molar-refractivity contribution in [2.45, 2.75) is 0 Å². The average Bonchev–Trinajstić information content (AvgIpc) is 2.15. The standard InChI is InChI=1S/C8H6N2O5/c11-8-5-7(10(14)15)2-1-6(8)3-4-9(12)13/h1-5,11H. The van der Waals surface area contributed by atoms with E-state index >= 15 is 0 Å². The van der Waals surface area contributed by atoms with Crippen molar-refractivity contribution >= 4 is 11.8 Å². The third-order valence-electron chi connectivity index (χ3n) is 1.60. The van der Waals surface area contributed by atoms with E-state index in [2.05, 4.69) is 0 Å². The minimum atomic E-state index is -0.694. The van der Waals surface area contributed by atoms with Crippen molar-refractivity contribution in [3.05, 3.63) is 50.2 Å². The molecule has 1 aromatic rings. The van der Waals surface area contributed by atoms with Gasteiger partial charge in [-0.05, 0) is 6.07 Å². The Hall–Kier alpha value is -2.44. The number of non-ortho nitro benzene ring substituents is 1. The molecule has 0 aliphatic rings. The largest absolute Gasteiger partial charge is 0.507 e. The maximum Gasteiger partial charge on any atom is 0.273 e. The second-order valence-electron chi connectivity index (χ2n) is 2.60. The molecular formula is C8H6N2O5. The number of nitro groups is 2. The van der Waals surface area contributed by atoms with E-state index in [1.807, 2.05) is 0 Å². The van der Waals surface area contributed by atoms with Crippen molar-refractivity contribution in [3.8, 4) is 5.75 Å². The molecule has 0 amide bonds. The number of benzene rings is 1. The molecule has 0 radical (unpaired) electrons. The summed E-state index contributed by atoms with van der Waals surface area (Å²) in [6.07, 6.45) is 1.69. The minimum Gasteiger partial charge on any atom is -0.507 e. The SMILES string of the molecule is O=[N+]([O-])C=Cc1ccc([N+](=O)[O-])cc1O. The number of nitro benzene ring substituents is 1. The summed E-state index contributed by atoms with van der Waals surface area (Å²) in [7, 11) is 0. The summed E-state index contributed by atoms with van der Waals surface area (Å²) in [6.45, 7) is 0. The van der Waals surface area contributed by atoms with Crippen molar-refractivity contribution < 1.29 is 15.0 Å². The second kappa shape index (κ2) is 4.18. The predicted molar refractivity (Wildman–Crippen MR) is 50.8 cm³/mol. The fraction of sp³-hybridized carbons (Fsp3) is 0. The quantitative estimate of drug-likeness (QED) is 0.601. The molecule has 0 aliphatic carbocycles. The van der Waals surface area contributed by atoms with Crippen LogP contribution in [0.15, 0.2) is 24.4 Å². The van der Waals surface area contributed by atoms with Gasteiger partial charge in [-0.3, -0.25) is 20.2 Å². The van der Waals surface area contributed by atoms with Crippen molar-refractivity contribution in [2.24, 2.45) is 0 Å². The molecule has 0 saturated heterocycles. The summed E-state index contributed by atoms with van der Waals surface area (Å²) in [6, 6.07) is 3.31. The Labute approximate surface area is 83.6 Å². The van der Waals surface area contributed by atoms with E-state index < -0.39 is 9.85 Å². The fourth-order valence-corrected chi connectivity index (χ4v) is 0.928. The number of rotatable bonds is 3. The van der Waals surface area contributed by atoms with Gasteiger partial charge in [0, 0.05) is 17.7 Å². The molecule has 0 bridgehead atoms. The number of phenolic OH excluding ortho intramolecular Hbond substituents is 1. The van der Waals surface area contributed by atoms with Crippen molar-refractivity contribution in [2.75, 3.05) is 0 Å². The first-order chi connectivity index (χ1) is 7.00. The van der Waals surface area contributed by atoms with Crippen LogP contribution in [0.1, 0.15) is 5.56 Å². The number of hydrogen-bond acceptors (Lipinski definition) is 5. The van der Waals surface area contributed by atoms with Crippen molar-refractivity contribution in [1.29, 1.82) is 0 Å². The second-order valence-corrected chi connectivity index (χ2v) is 2.60. The lowest BCUT2D eigenvalue weighted by Crippen LogP contribution is -1.88. The molecule has 0 atom stereocenters. The van der Waals surface area contributed by atoms with Gasteiger partial charge in [0.15, 0.2) is 0 Å². The summed E-state index contributed by atoms with van der Waals surface area (Å²) < 4.78 is 0. The zero-order chi connectivity index (χ0) is 11.4. The number of phenols is 1. The van der Waals surface area contributed by atoms with Crippen LogP contribution in [0, 0.1) is 20.2 Å². The summed E-state index contributed by atoms with van der Waals surface area (Å²) >= 11 is 0. The summed E-state index contributed by atoms with van der Waals surface area (Å²) in [5.41, 5.74) is -0.122.